The highest BCUT2D eigenvalue weighted by Gasteiger charge is 2.12. The second-order valence-electron chi connectivity index (χ2n) is 4.80. The van der Waals surface area contributed by atoms with Gasteiger partial charge in [0.05, 0.1) is 13.2 Å². The number of hydrogen-bond donors (Lipinski definition) is 1. The van der Waals surface area contributed by atoms with Crippen molar-refractivity contribution in [2.45, 2.75) is 26.5 Å². The first-order valence-electron chi connectivity index (χ1n) is 6.95. The van der Waals surface area contributed by atoms with Crippen LogP contribution in [0.1, 0.15) is 24.5 Å². The maximum atomic E-state index is 5.63. The minimum absolute atomic E-state index is 0. The predicted octanol–water partition coefficient (Wildman–Crippen LogP) is 2.62. The summed E-state index contributed by atoms with van der Waals surface area (Å²) in [5.41, 5.74) is 2.53. The molecule has 0 atom stereocenters. The van der Waals surface area contributed by atoms with Crippen LogP contribution in [0.4, 0.5) is 0 Å². The second kappa shape index (κ2) is 9.18. The van der Waals surface area contributed by atoms with Gasteiger partial charge in [-0.15, -0.1) is 24.0 Å². The Morgan fingerprint density at radius 3 is 2.70 bits per heavy atom. The molecule has 1 aromatic carbocycles. The van der Waals surface area contributed by atoms with Gasteiger partial charge in [-0.25, -0.2) is 0 Å². The summed E-state index contributed by atoms with van der Waals surface area (Å²) in [5, 5.41) is 3.40. The highest BCUT2D eigenvalue weighted by molar-refractivity contribution is 14.0. The lowest BCUT2D eigenvalue weighted by molar-refractivity contribution is 0.121. The van der Waals surface area contributed by atoms with E-state index in [2.05, 4.69) is 53.4 Å². The van der Waals surface area contributed by atoms with Gasteiger partial charge < -0.3 is 15.0 Å². The third kappa shape index (κ3) is 4.94. The van der Waals surface area contributed by atoms with Crippen molar-refractivity contribution in [2.75, 3.05) is 26.7 Å². The minimum atomic E-state index is 0. The number of nitrogens with one attached hydrogen (secondary N) is 1. The van der Waals surface area contributed by atoms with E-state index in [4.69, 9.17) is 4.74 Å². The largest absolute Gasteiger partial charge is 0.377 e. The van der Waals surface area contributed by atoms with Gasteiger partial charge in [0.15, 0.2) is 5.96 Å². The van der Waals surface area contributed by atoms with Gasteiger partial charge >= 0.3 is 0 Å². The van der Waals surface area contributed by atoms with E-state index in [0.717, 1.165) is 38.6 Å². The van der Waals surface area contributed by atoms with Crippen LogP contribution < -0.4 is 5.32 Å². The fourth-order valence-corrected chi connectivity index (χ4v) is 2.09. The lowest BCUT2D eigenvalue weighted by Gasteiger charge is -2.16. The molecule has 0 aromatic heterocycles. The average Bonchev–Trinajstić information content (AvgIpc) is 2.83. The van der Waals surface area contributed by atoms with Crippen molar-refractivity contribution < 1.29 is 4.74 Å². The van der Waals surface area contributed by atoms with Gasteiger partial charge in [-0.1, -0.05) is 31.2 Å². The summed E-state index contributed by atoms with van der Waals surface area (Å²) in [6.45, 7) is 6.32. The molecular weight excluding hydrogens is 365 g/mol. The molecule has 0 spiro atoms. The molecule has 4 nitrogen and oxygen atoms in total. The Bertz CT molecular complexity index is 437. The average molecular weight is 389 g/mol. The molecule has 0 aliphatic carbocycles. The number of benzene rings is 1. The number of nitrogens with zero attached hydrogens (tertiary/aromatic N) is 2. The molecule has 2 rings (SSSR count). The van der Waals surface area contributed by atoms with Crippen LogP contribution in [0.15, 0.2) is 29.3 Å². The highest BCUT2D eigenvalue weighted by Crippen LogP contribution is 2.10. The number of aliphatic imine (C=N–C) groups is 1. The number of halogens is 1. The van der Waals surface area contributed by atoms with Gasteiger partial charge in [-0.05, 0) is 17.5 Å². The molecule has 112 valence electrons. The van der Waals surface area contributed by atoms with E-state index in [1.165, 1.54) is 11.1 Å². The second-order valence-corrected chi connectivity index (χ2v) is 4.80. The Morgan fingerprint density at radius 1 is 1.30 bits per heavy atom. The summed E-state index contributed by atoms with van der Waals surface area (Å²) in [6, 6.07) is 8.41. The molecule has 1 heterocycles. The van der Waals surface area contributed by atoms with Crippen LogP contribution in [0.3, 0.4) is 0 Å². The first-order valence-corrected chi connectivity index (χ1v) is 6.95. The van der Waals surface area contributed by atoms with Gasteiger partial charge in [-0.2, -0.15) is 0 Å². The van der Waals surface area contributed by atoms with Crippen molar-refractivity contribution in [1.82, 2.24) is 10.2 Å². The summed E-state index contributed by atoms with van der Waals surface area (Å²) in [4.78, 5) is 6.59. The first kappa shape index (κ1) is 17.2. The standard InChI is InChI=1S/C15H23N3O.HI/c1-3-10-19-12-14-7-5-4-6-13(14)11-17-15-16-8-9-18(15)2;/h4-7H,3,8-12H2,1-2H3,(H,16,17);1H. The normalized spacial score (nSPS) is 13.9. The zero-order valence-corrected chi connectivity index (χ0v) is 14.6. The van der Waals surface area contributed by atoms with Gasteiger partial charge in [0, 0.05) is 26.7 Å². The van der Waals surface area contributed by atoms with Crippen molar-refractivity contribution in [3.63, 3.8) is 0 Å². The third-order valence-electron chi connectivity index (χ3n) is 3.22. The molecule has 1 aromatic rings. The van der Waals surface area contributed by atoms with Gasteiger partial charge in [0.25, 0.3) is 0 Å². The van der Waals surface area contributed by atoms with E-state index < -0.39 is 0 Å². The Morgan fingerprint density at radius 2 is 2.05 bits per heavy atom. The molecule has 0 bridgehead atoms. The smallest absolute Gasteiger partial charge is 0.194 e. The number of ether oxygens (including phenoxy) is 1. The molecular formula is C15H24IN3O. The number of guanidine groups is 1. The Balaban J connectivity index is 0.00000200. The molecule has 0 fully saturated rings. The van der Waals surface area contributed by atoms with E-state index in [1.807, 2.05) is 0 Å². The van der Waals surface area contributed by atoms with Crippen LogP contribution >= 0.6 is 24.0 Å². The molecule has 20 heavy (non-hydrogen) atoms. The van der Waals surface area contributed by atoms with Crippen molar-refractivity contribution in [2.24, 2.45) is 4.99 Å². The minimum Gasteiger partial charge on any atom is -0.377 e. The van der Waals surface area contributed by atoms with E-state index in [-0.39, 0.29) is 24.0 Å². The maximum Gasteiger partial charge on any atom is 0.194 e. The molecule has 0 amide bonds. The van der Waals surface area contributed by atoms with E-state index in [9.17, 15) is 0 Å². The summed E-state index contributed by atoms with van der Waals surface area (Å²) < 4.78 is 5.63. The van der Waals surface area contributed by atoms with Crippen LogP contribution in [-0.2, 0) is 17.9 Å². The number of likely N-dealkylation sites (N-methyl/N-ethyl adjacent to an activating group) is 1. The van der Waals surface area contributed by atoms with Crippen LogP contribution in [-0.4, -0.2) is 37.6 Å². The molecule has 1 aliphatic rings. The predicted molar refractivity (Wildman–Crippen MR) is 93.6 cm³/mol. The quantitative estimate of drug-likeness (QED) is 0.601. The molecule has 0 saturated carbocycles. The Labute approximate surface area is 138 Å². The van der Waals surface area contributed by atoms with Crippen LogP contribution in [0, 0.1) is 0 Å². The monoisotopic (exact) mass is 389 g/mol. The fraction of sp³-hybridized carbons (Fsp3) is 0.533. The summed E-state index contributed by atoms with van der Waals surface area (Å²) in [5.74, 6) is 0.990. The fourth-order valence-electron chi connectivity index (χ4n) is 2.09. The number of rotatable bonds is 6. The highest BCUT2D eigenvalue weighted by atomic mass is 127. The zero-order valence-electron chi connectivity index (χ0n) is 12.3. The molecule has 5 heteroatoms. The van der Waals surface area contributed by atoms with Crippen LogP contribution in [0.25, 0.3) is 0 Å². The van der Waals surface area contributed by atoms with Crippen molar-refractivity contribution >= 4 is 29.9 Å². The summed E-state index contributed by atoms with van der Waals surface area (Å²) in [7, 11) is 2.06. The molecule has 0 radical (unpaired) electrons. The van der Waals surface area contributed by atoms with E-state index >= 15 is 0 Å². The maximum absolute atomic E-state index is 5.63. The Hall–Kier alpha value is -0.820. The molecule has 0 unspecified atom stereocenters. The van der Waals surface area contributed by atoms with Gasteiger partial charge in [0.2, 0.25) is 0 Å². The summed E-state index contributed by atoms with van der Waals surface area (Å²) >= 11 is 0. The van der Waals surface area contributed by atoms with Crippen LogP contribution in [0.5, 0.6) is 0 Å². The topological polar surface area (TPSA) is 36.9 Å². The third-order valence-corrected chi connectivity index (χ3v) is 3.22. The van der Waals surface area contributed by atoms with Crippen molar-refractivity contribution in [3.05, 3.63) is 35.4 Å². The lowest BCUT2D eigenvalue weighted by atomic mass is 10.1. The SMILES string of the molecule is CCCOCc1ccccc1CNC1=NCCN1C.I. The first-order chi connectivity index (χ1) is 9.31. The van der Waals surface area contributed by atoms with E-state index in [1.54, 1.807) is 0 Å². The van der Waals surface area contributed by atoms with Crippen molar-refractivity contribution in [1.29, 1.82) is 0 Å². The van der Waals surface area contributed by atoms with Gasteiger partial charge in [-0.3, -0.25) is 4.99 Å². The molecule has 1 aliphatic heterocycles. The molecule has 0 saturated heterocycles. The van der Waals surface area contributed by atoms with Crippen molar-refractivity contribution in [3.8, 4) is 0 Å². The van der Waals surface area contributed by atoms with Gasteiger partial charge in [0.1, 0.15) is 0 Å². The summed E-state index contributed by atoms with van der Waals surface area (Å²) in [6.07, 6.45) is 1.06. The van der Waals surface area contributed by atoms with Crippen LogP contribution in [0.2, 0.25) is 0 Å². The molecule has 1 N–H and O–H groups in total. The zero-order chi connectivity index (χ0) is 13.5. The van der Waals surface area contributed by atoms with E-state index in [0.29, 0.717) is 6.61 Å². The number of hydrogen-bond acceptors (Lipinski definition) is 4. The lowest BCUT2D eigenvalue weighted by Crippen LogP contribution is -2.35. The Kier molecular flexibility index (Phi) is 7.91.